The molecule has 18 heavy (non-hydrogen) atoms. The summed E-state index contributed by atoms with van der Waals surface area (Å²) in [4.78, 5) is 0. The van der Waals surface area contributed by atoms with E-state index in [0.717, 1.165) is 31.5 Å². The van der Waals surface area contributed by atoms with Crippen LogP contribution in [0.25, 0.3) is 0 Å². The summed E-state index contributed by atoms with van der Waals surface area (Å²) in [6, 6.07) is 0. The van der Waals surface area contributed by atoms with E-state index in [4.69, 9.17) is 11.6 Å². The Hall–Kier alpha value is -1.14. The second-order valence-corrected chi connectivity index (χ2v) is 4.59. The number of hydrogen-bond acceptors (Lipinski definition) is 3. The second-order valence-electron chi connectivity index (χ2n) is 4.59. The van der Waals surface area contributed by atoms with Crippen LogP contribution in [0.1, 0.15) is 65.2 Å². The average molecular weight is 251 g/mol. The number of nitrogens with zero attached hydrogens (tertiary/aromatic N) is 1. The molecule has 0 rings (SSSR count). The lowest BCUT2D eigenvalue weighted by Crippen LogP contribution is -2.27. The van der Waals surface area contributed by atoms with Crippen molar-refractivity contribution in [2.24, 2.45) is 11.6 Å². The van der Waals surface area contributed by atoms with Gasteiger partial charge in [-0.25, -0.2) is 5.84 Å². The fourth-order valence-corrected chi connectivity index (χ4v) is 1.71. The van der Waals surface area contributed by atoms with Gasteiger partial charge in [0, 0.05) is 24.9 Å². The van der Waals surface area contributed by atoms with Crippen LogP contribution in [0.2, 0.25) is 0 Å². The Morgan fingerprint density at radius 3 is 2.33 bits per heavy atom. The Kier molecular flexibility index (Phi) is 11.5. The van der Waals surface area contributed by atoms with E-state index >= 15 is 0 Å². The number of rotatable bonds is 10. The van der Waals surface area contributed by atoms with E-state index in [0.29, 0.717) is 0 Å². The van der Waals surface area contributed by atoms with Crippen LogP contribution in [0.4, 0.5) is 0 Å². The van der Waals surface area contributed by atoms with Crippen molar-refractivity contribution in [3.63, 3.8) is 0 Å². The minimum atomic E-state index is 0.842. The zero-order valence-electron chi connectivity index (χ0n) is 12.0. The van der Waals surface area contributed by atoms with Gasteiger partial charge in [0.05, 0.1) is 0 Å². The smallest absolute Gasteiger partial charge is 0.0342 e. The zero-order chi connectivity index (χ0) is 13.6. The van der Waals surface area contributed by atoms with Gasteiger partial charge in [-0.3, -0.25) is 0 Å². The molecule has 0 aliphatic heterocycles. The highest BCUT2D eigenvalue weighted by Gasteiger charge is 1.95. The molecule has 0 aromatic carbocycles. The Bertz CT molecular complexity index is 273. The molecule has 0 unspecified atom stereocenters. The highest BCUT2D eigenvalue weighted by atomic mass is 15.4. The quantitative estimate of drug-likeness (QED) is 0.271. The van der Waals surface area contributed by atoms with Crippen molar-refractivity contribution in [3.05, 3.63) is 11.9 Å². The van der Waals surface area contributed by atoms with E-state index in [-0.39, 0.29) is 0 Å². The van der Waals surface area contributed by atoms with Gasteiger partial charge in [-0.1, -0.05) is 32.6 Å². The molecule has 0 aliphatic rings. The van der Waals surface area contributed by atoms with Crippen LogP contribution in [0, 0.1) is 11.8 Å². The predicted octanol–water partition coefficient (Wildman–Crippen LogP) is 3.13. The third kappa shape index (κ3) is 11.3. The molecule has 0 aromatic heterocycles. The third-order valence-electron chi connectivity index (χ3n) is 2.88. The van der Waals surface area contributed by atoms with Crippen molar-refractivity contribution in [1.82, 2.24) is 5.01 Å². The van der Waals surface area contributed by atoms with E-state index in [1.54, 1.807) is 5.01 Å². The maximum Gasteiger partial charge on any atom is 0.0342 e. The molecule has 0 heterocycles. The van der Waals surface area contributed by atoms with Crippen molar-refractivity contribution in [2.75, 3.05) is 6.54 Å². The third-order valence-corrected chi connectivity index (χ3v) is 2.88. The first-order valence-electron chi connectivity index (χ1n) is 7.07. The zero-order valence-corrected chi connectivity index (χ0v) is 12.0. The van der Waals surface area contributed by atoms with Gasteiger partial charge in [0.25, 0.3) is 0 Å². The van der Waals surface area contributed by atoms with Crippen LogP contribution in [-0.2, 0) is 0 Å². The molecule has 0 aromatic rings. The topological polar surface area (TPSA) is 55.3 Å². The largest absolute Gasteiger partial charge is 0.401 e. The lowest BCUT2D eigenvalue weighted by atomic mass is 10.1. The molecule has 0 saturated heterocycles. The first kappa shape index (κ1) is 16.9. The average Bonchev–Trinajstić information content (AvgIpc) is 2.36. The van der Waals surface area contributed by atoms with Gasteiger partial charge in [0.2, 0.25) is 0 Å². The number of nitrogens with two attached hydrogens (primary N) is 2. The molecule has 3 nitrogen and oxygen atoms in total. The monoisotopic (exact) mass is 251 g/mol. The Labute approximate surface area is 113 Å². The van der Waals surface area contributed by atoms with E-state index < -0.39 is 0 Å². The van der Waals surface area contributed by atoms with Gasteiger partial charge < -0.3 is 10.7 Å². The normalized spacial score (nSPS) is 10.9. The lowest BCUT2D eigenvalue weighted by molar-refractivity contribution is 0.372. The van der Waals surface area contributed by atoms with E-state index in [9.17, 15) is 0 Å². The minimum absolute atomic E-state index is 0.842. The molecule has 0 aliphatic carbocycles. The molecule has 0 amide bonds. The fraction of sp³-hybridized carbons (Fsp3) is 0.733. The van der Waals surface area contributed by atoms with E-state index in [2.05, 4.69) is 11.8 Å². The standard InChI is InChI=1S/C15H29N3/c1-3-5-6-7-8-9-10-11-12-13-18(17)14-15(16)4-2/h14H,4,6-13,16-17H2,1-2H3/b15-14-. The van der Waals surface area contributed by atoms with Gasteiger partial charge in [0.15, 0.2) is 0 Å². The second kappa shape index (κ2) is 12.3. The number of hydrogen-bond donors (Lipinski definition) is 2. The van der Waals surface area contributed by atoms with Crippen molar-refractivity contribution < 1.29 is 0 Å². The molecule has 0 saturated carbocycles. The highest BCUT2D eigenvalue weighted by Crippen LogP contribution is 2.07. The van der Waals surface area contributed by atoms with E-state index in [1.807, 2.05) is 20.0 Å². The summed E-state index contributed by atoms with van der Waals surface area (Å²) in [6.45, 7) is 4.82. The number of allylic oxidation sites excluding steroid dienone is 1. The Balaban J connectivity index is 3.31. The van der Waals surface area contributed by atoms with Crippen LogP contribution < -0.4 is 11.6 Å². The van der Waals surface area contributed by atoms with Gasteiger partial charge >= 0.3 is 0 Å². The maximum absolute atomic E-state index is 5.81. The molecule has 104 valence electrons. The van der Waals surface area contributed by atoms with Crippen LogP contribution in [0.15, 0.2) is 11.9 Å². The first-order valence-corrected chi connectivity index (χ1v) is 7.07. The fourth-order valence-electron chi connectivity index (χ4n) is 1.71. The molecule has 0 spiro atoms. The van der Waals surface area contributed by atoms with Crippen molar-refractivity contribution in [1.29, 1.82) is 0 Å². The summed E-state index contributed by atoms with van der Waals surface area (Å²) in [5.41, 5.74) is 6.55. The molecule has 4 N–H and O–H groups in total. The minimum Gasteiger partial charge on any atom is -0.401 e. The van der Waals surface area contributed by atoms with Gasteiger partial charge in [-0.15, -0.1) is 11.8 Å². The summed E-state index contributed by atoms with van der Waals surface area (Å²) in [6.07, 6.45) is 11.3. The molecular formula is C15H29N3. The van der Waals surface area contributed by atoms with Crippen LogP contribution >= 0.6 is 0 Å². The molecule has 0 fully saturated rings. The molecule has 0 bridgehead atoms. The molecular weight excluding hydrogens is 222 g/mol. The number of unbranched alkanes of at least 4 members (excludes halogenated alkanes) is 6. The van der Waals surface area contributed by atoms with Crippen molar-refractivity contribution in [3.8, 4) is 11.8 Å². The van der Waals surface area contributed by atoms with Crippen molar-refractivity contribution in [2.45, 2.75) is 65.2 Å². The summed E-state index contributed by atoms with van der Waals surface area (Å²) in [7, 11) is 0. The van der Waals surface area contributed by atoms with E-state index in [1.165, 1.54) is 32.1 Å². The van der Waals surface area contributed by atoms with Crippen molar-refractivity contribution >= 4 is 0 Å². The van der Waals surface area contributed by atoms with Crippen LogP contribution in [0.5, 0.6) is 0 Å². The van der Waals surface area contributed by atoms with Gasteiger partial charge in [-0.2, -0.15) is 0 Å². The Morgan fingerprint density at radius 2 is 1.72 bits per heavy atom. The SMILES string of the molecule is CC#CCCCCCCCCN(N)/C=C(\N)CC. The number of hydrazine groups is 1. The predicted molar refractivity (Wildman–Crippen MR) is 79.2 cm³/mol. The summed E-state index contributed by atoms with van der Waals surface area (Å²) in [5.74, 6) is 11.8. The molecule has 3 heteroatoms. The highest BCUT2D eigenvalue weighted by molar-refractivity contribution is 4.94. The summed E-state index contributed by atoms with van der Waals surface area (Å²) >= 11 is 0. The lowest BCUT2D eigenvalue weighted by Gasteiger charge is -2.14. The first-order chi connectivity index (χ1) is 8.70. The summed E-state index contributed by atoms with van der Waals surface area (Å²) < 4.78 is 0. The van der Waals surface area contributed by atoms with Gasteiger partial charge in [-0.05, 0) is 26.2 Å². The van der Waals surface area contributed by atoms with Crippen LogP contribution in [0.3, 0.4) is 0 Å². The molecule has 0 atom stereocenters. The molecule has 0 radical (unpaired) electrons. The van der Waals surface area contributed by atoms with Gasteiger partial charge in [0.1, 0.15) is 0 Å². The maximum atomic E-state index is 5.81. The summed E-state index contributed by atoms with van der Waals surface area (Å²) in [5, 5.41) is 1.70. The Morgan fingerprint density at radius 1 is 1.11 bits per heavy atom. The van der Waals surface area contributed by atoms with Crippen LogP contribution in [-0.4, -0.2) is 11.6 Å².